The Morgan fingerprint density at radius 2 is 2.47 bits per heavy atom. The van der Waals surface area contributed by atoms with Gasteiger partial charge in [0, 0.05) is 19.2 Å². The molecule has 2 unspecified atom stereocenters. The van der Waals surface area contributed by atoms with E-state index < -0.39 is 0 Å². The first kappa shape index (κ1) is 12.1. The zero-order valence-corrected chi connectivity index (χ0v) is 10.6. The van der Waals surface area contributed by atoms with Crippen molar-refractivity contribution in [1.29, 1.82) is 0 Å². The smallest absolute Gasteiger partial charge is 0.227 e. The third-order valence-corrected chi connectivity index (χ3v) is 3.29. The second kappa shape index (κ2) is 4.87. The van der Waals surface area contributed by atoms with Gasteiger partial charge in [0.1, 0.15) is 11.5 Å². The average Bonchev–Trinajstić information content (AvgIpc) is 2.86. The summed E-state index contributed by atoms with van der Waals surface area (Å²) >= 11 is 0. The molecule has 17 heavy (non-hydrogen) atoms. The van der Waals surface area contributed by atoms with Crippen LogP contribution in [0.2, 0.25) is 0 Å². The van der Waals surface area contributed by atoms with Crippen LogP contribution in [0.3, 0.4) is 0 Å². The van der Waals surface area contributed by atoms with Gasteiger partial charge in [-0.1, -0.05) is 5.16 Å². The van der Waals surface area contributed by atoms with Crippen LogP contribution in [0.5, 0.6) is 0 Å². The Morgan fingerprint density at radius 3 is 3.00 bits per heavy atom. The summed E-state index contributed by atoms with van der Waals surface area (Å²) in [6.07, 6.45) is 0.919. The molecule has 1 N–H and O–H groups in total. The van der Waals surface area contributed by atoms with Crippen molar-refractivity contribution in [2.24, 2.45) is 5.92 Å². The average molecular weight is 237 g/mol. The molecule has 1 saturated heterocycles. The van der Waals surface area contributed by atoms with E-state index in [1.165, 1.54) is 0 Å². The number of amides is 1. The molecule has 0 radical (unpaired) electrons. The van der Waals surface area contributed by atoms with E-state index in [0.717, 1.165) is 24.4 Å². The van der Waals surface area contributed by atoms with Crippen LogP contribution in [-0.4, -0.2) is 35.6 Å². The summed E-state index contributed by atoms with van der Waals surface area (Å²) in [6, 6.07) is 2.13. The van der Waals surface area contributed by atoms with E-state index >= 15 is 0 Å². The van der Waals surface area contributed by atoms with Gasteiger partial charge in [0.05, 0.1) is 12.5 Å². The van der Waals surface area contributed by atoms with E-state index in [2.05, 4.69) is 17.4 Å². The minimum atomic E-state index is 0.0907. The van der Waals surface area contributed by atoms with Gasteiger partial charge >= 0.3 is 0 Å². The Hall–Kier alpha value is -1.36. The molecule has 1 fully saturated rings. The minimum Gasteiger partial charge on any atom is -0.361 e. The lowest BCUT2D eigenvalue weighted by Crippen LogP contribution is -2.37. The molecule has 94 valence electrons. The maximum Gasteiger partial charge on any atom is 0.227 e. The first-order valence-corrected chi connectivity index (χ1v) is 5.98. The van der Waals surface area contributed by atoms with E-state index in [0.29, 0.717) is 6.54 Å². The molecule has 1 aliphatic heterocycles. The Labute approximate surface area is 101 Å². The predicted molar refractivity (Wildman–Crippen MR) is 63.3 cm³/mol. The molecule has 2 rings (SSSR count). The van der Waals surface area contributed by atoms with Crippen LogP contribution in [-0.2, 0) is 11.3 Å². The van der Waals surface area contributed by atoms with Gasteiger partial charge in [-0.25, -0.2) is 0 Å². The first-order chi connectivity index (χ1) is 8.08. The molecule has 1 amide bonds. The molecular weight excluding hydrogens is 218 g/mol. The molecule has 2 atom stereocenters. The number of aryl methyl sites for hydroxylation is 1. The zero-order chi connectivity index (χ0) is 12.4. The Bertz CT molecular complexity index is 402. The summed E-state index contributed by atoms with van der Waals surface area (Å²) < 4.78 is 4.99. The lowest BCUT2D eigenvalue weighted by Gasteiger charge is -2.22. The molecule has 5 nitrogen and oxygen atoms in total. The monoisotopic (exact) mass is 237 g/mol. The predicted octanol–water partition coefficient (Wildman–Crippen LogP) is 0.939. The second-order valence-corrected chi connectivity index (χ2v) is 4.76. The summed E-state index contributed by atoms with van der Waals surface area (Å²) in [4.78, 5) is 13.9. The van der Waals surface area contributed by atoms with Crippen molar-refractivity contribution in [2.45, 2.75) is 32.9 Å². The number of carbonyl (C=O) groups is 1. The number of hydrogen-bond acceptors (Lipinski definition) is 4. The van der Waals surface area contributed by atoms with Crippen LogP contribution in [0.15, 0.2) is 10.6 Å². The van der Waals surface area contributed by atoms with E-state index in [1.54, 1.807) is 4.90 Å². The first-order valence-electron chi connectivity index (χ1n) is 5.98. The fourth-order valence-electron chi connectivity index (χ4n) is 2.29. The van der Waals surface area contributed by atoms with Gasteiger partial charge in [-0.2, -0.15) is 0 Å². The van der Waals surface area contributed by atoms with Crippen molar-refractivity contribution in [1.82, 2.24) is 15.4 Å². The standard InChI is InChI=1S/C12H19N3O2/c1-8-6-10(14-17-8)7-15(3)12(16)11-4-5-13-9(11)2/h6,9,11,13H,4-5,7H2,1-3H3. The number of aromatic nitrogens is 1. The van der Waals surface area contributed by atoms with Crippen molar-refractivity contribution < 1.29 is 9.32 Å². The molecule has 1 aliphatic rings. The van der Waals surface area contributed by atoms with Crippen LogP contribution in [0.1, 0.15) is 24.8 Å². The fourth-order valence-corrected chi connectivity index (χ4v) is 2.29. The second-order valence-electron chi connectivity index (χ2n) is 4.76. The van der Waals surface area contributed by atoms with Gasteiger partial charge in [-0.3, -0.25) is 4.79 Å². The minimum absolute atomic E-state index is 0.0907. The van der Waals surface area contributed by atoms with Gasteiger partial charge < -0.3 is 14.7 Å². The van der Waals surface area contributed by atoms with Crippen LogP contribution >= 0.6 is 0 Å². The van der Waals surface area contributed by atoms with Gasteiger partial charge in [0.25, 0.3) is 0 Å². The molecule has 1 aromatic heterocycles. The lowest BCUT2D eigenvalue weighted by molar-refractivity contribution is -0.134. The third kappa shape index (κ3) is 2.66. The van der Waals surface area contributed by atoms with Crippen LogP contribution in [0, 0.1) is 12.8 Å². The molecule has 0 bridgehead atoms. The summed E-state index contributed by atoms with van der Waals surface area (Å²) in [5, 5.41) is 7.19. The molecule has 1 aromatic rings. The largest absolute Gasteiger partial charge is 0.361 e. The van der Waals surface area contributed by atoms with E-state index in [-0.39, 0.29) is 17.9 Å². The van der Waals surface area contributed by atoms with Gasteiger partial charge in [-0.05, 0) is 26.8 Å². The van der Waals surface area contributed by atoms with E-state index in [4.69, 9.17) is 4.52 Å². The van der Waals surface area contributed by atoms with E-state index in [1.807, 2.05) is 20.0 Å². The topological polar surface area (TPSA) is 58.4 Å². The van der Waals surface area contributed by atoms with Crippen molar-refractivity contribution in [3.05, 3.63) is 17.5 Å². The Morgan fingerprint density at radius 1 is 1.71 bits per heavy atom. The van der Waals surface area contributed by atoms with Crippen molar-refractivity contribution in [3.63, 3.8) is 0 Å². The third-order valence-electron chi connectivity index (χ3n) is 3.29. The molecule has 0 saturated carbocycles. The number of carbonyl (C=O) groups excluding carboxylic acids is 1. The maximum absolute atomic E-state index is 12.2. The van der Waals surface area contributed by atoms with Crippen molar-refractivity contribution >= 4 is 5.91 Å². The molecule has 0 spiro atoms. The number of nitrogens with one attached hydrogen (secondary N) is 1. The van der Waals surface area contributed by atoms with Gasteiger partial charge in [0.2, 0.25) is 5.91 Å². The lowest BCUT2D eigenvalue weighted by atomic mass is 10.0. The summed E-state index contributed by atoms with van der Waals surface area (Å²) in [6.45, 7) is 5.35. The molecular formula is C12H19N3O2. The van der Waals surface area contributed by atoms with E-state index in [9.17, 15) is 4.79 Å². The SMILES string of the molecule is Cc1cc(CN(C)C(=O)C2CCNC2C)no1. The Kier molecular flexibility index (Phi) is 3.47. The zero-order valence-electron chi connectivity index (χ0n) is 10.6. The number of hydrogen-bond donors (Lipinski definition) is 1. The molecule has 2 heterocycles. The summed E-state index contributed by atoms with van der Waals surface area (Å²) in [5.74, 6) is 1.05. The number of rotatable bonds is 3. The highest BCUT2D eigenvalue weighted by Gasteiger charge is 2.31. The number of nitrogens with zero attached hydrogens (tertiary/aromatic N) is 2. The highest BCUT2D eigenvalue weighted by Crippen LogP contribution is 2.18. The van der Waals surface area contributed by atoms with Crippen LogP contribution in [0.4, 0.5) is 0 Å². The van der Waals surface area contributed by atoms with Gasteiger partial charge in [0.15, 0.2) is 0 Å². The highest BCUT2D eigenvalue weighted by atomic mass is 16.5. The fraction of sp³-hybridized carbons (Fsp3) is 0.667. The normalized spacial score (nSPS) is 23.9. The highest BCUT2D eigenvalue weighted by molar-refractivity contribution is 5.79. The maximum atomic E-state index is 12.2. The van der Waals surface area contributed by atoms with Crippen molar-refractivity contribution in [3.8, 4) is 0 Å². The molecule has 0 aromatic carbocycles. The quantitative estimate of drug-likeness (QED) is 0.850. The Balaban J connectivity index is 1.95. The van der Waals surface area contributed by atoms with Gasteiger partial charge in [-0.15, -0.1) is 0 Å². The summed E-state index contributed by atoms with van der Waals surface area (Å²) in [7, 11) is 1.82. The van der Waals surface area contributed by atoms with Crippen LogP contribution < -0.4 is 5.32 Å². The molecule has 5 heteroatoms. The van der Waals surface area contributed by atoms with Crippen molar-refractivity contribution in [2.75, 3.05) is 13.6 Å². The summed E-state index contributed by atoms with van der Waals surface area (Å²) in [5.41, 5.74) is 0.803. The van der Waals surface area contributed by atoms with Crippen LogP contribution in [0.25, 0.3) is 0 Å². The molecule has 0 aliphatic carbocycles.